The number of Topliss-reactive ketones (excluding diaryl/α,β-unsaturated/α-hetero) is 1. The first-order chi connectivity index (χ1) is 5.66. The van der Waals surface area contributed by atoms with Gasteiger partial charge in [-0.05, 0) is 18.6 Å². The van der Waals surface area contributed by atoms with Crippen molar-refractivity contribution in [1.29, 1.82) is 5.26 Å². The lowest BCUT2D eigenvalue weighted by atomic mass is 10.1. The standard InChI is InChI=1S/C9H6FNO/c1-6-3-2-4-7(10)9(6)8(12)5-11/h2-4H,1H3. The average molecular weight is 163 g/mol. The normalized spacial score (nSPS) is 9.08. The van der Waals surface area contributed by atoms with Gasteiger partial charge in [0.2, 0.25) is 0 Å². The summed E-state index contributed by atoms with van der Waals surface area (Å²) in [6.07, 6.45) is 0. The quantitative estimate of drug-likeness (QED) is 0.468. The minimum atomic E-state index is -0.828. The summed E-state index contributed by atoms with van der Waals surface area (Å²) in [6.45, 7) is 1.59. The van der Waals surface area contributed by atoms with E-state index in [0.717, 1.165) is 6.07 Å². The van der Waals surface area contributed by atoms with Gasteiger partial charge in [-0.1, -0.05) is 12.1 Å². The molecule has 3 heteroatoms. The highest BCUT2D eigenvalue weighted by atomic mass is 19.1. The Hall–Kier alpha value is -1.69. The Labute approximate surface area is 69.2 Å². The van der Waals surface area contributed by atoms with Crippen LogP contribution in [0.25, 0.3) is 0 Å². The Balaban J connectivity index is 3.33. The van der Waals surface area contributed by atoms with Crippen LogP contribution in [0.5, 0.6) is 0 Å². The summed E-state index contributed by atoms with van der Waals surface area (Å²) in [4.78, 5) is 10.9. The van der Waals surface area contributed by atoms with Crippen LogP contribution in [0, 0.1) is 24.1 Å². The van der Waals surface area contributed by atoms with E-state index in [4.69, 9.17) is 5.26 Å². The zero-order valence-corrected chi connectivity index (χ0v) is 6.47. The number of carbonyl (C=O) groups excluding carboxylic acids is 1. The predicted octanol–water partition coefficient (Wildman–Crippen LogP) is 1.84. The fourth-order valence-electron chi connectivity index (χ4n) is 0.975. The maximum atomic E-state index is 12.9. The third-order valence-electron chi connectivity index (χ3n) is 1.55. The summed E-state index contributed by atoms with van der Waals surface area (Å²) in [7, 11) is 0. The number of nitrogens with zero attached hydrogens (tertiary/aromatic N) is 1. The Kier molecular flexibility index (Phi) is 2.20. The average Bonchev–Trinajstić information content (AvgIpc) is 2.03. The molecule has 0 N–H and O–H groups in total. The van der Waals surface area contributed by atoms with Crippen LogP contribution < -0.4 is 0 Å². The largest absolute Gasteiger partial charge is 0.277 e. The van der Waals surface area contributed by atoms with Gasteiger partial charge in [-0.3, -0.25) is 4.79 Å². The van der Waals surface area contributed by atoms with Gasteiger partial charge >= 0.3 is 0 Å². The second-order valence-electron chi connectivity index (χ2n) is 2.37. The van der Waals surface area contributed by atoms with Gasteiger partial charge < -0.3 is 0 Å². The minimum Gasteiger partial charge on any atom is -0.277 e. The topological polar surface area (TPSA) is 40.9 Å². The number of hydrogen-bond donors (Lipinski definition) is 0. The molecule has 0 saturated carbocycles. The third-order valence-corrected chi connectivity index (χ3v) is 1.55. The molecular weight excluding hydrogens is 157 g/mol. The molecule has 0 aliphatic rings. The van der Waals surface area contributed by atoms with Crippen molar-refractivity contribution in [3.05, 3.63) is 35.1 Å². The van der Waals surface area contributed by atoms with E-state index in [1.165, 1.54) is 12.1 Å². The molecule has 1 aromatic rings. The van der Waals surface area contributed by atoms with Crippen molar-refractivity contribution < 1.29 is 9.18 Å². The highest BCUT2D eigenvalue weighted by molar-refractivity contribution is 6.08. The molecule has 0 atom stereocenters. The van der Waals surface area contributed by atoms with Crippen LogP contribution in [0.2, 0.25) is 0 Å². The fourth-order valence-corrected chi connectivity index (χ4v) is 0.975. The van der Waals surface area contributed by atoms with Crippen LogP contribution in [-0.2, 0) is 0 Å². The highest BCUT2D eigenvalue weighted by Gasteiger charge is 2.12. The van der Waals surface area contributed by atoms with E-state index in [1.807, 2.05) is 0 Å². The molecule has 1 rings (SSSR count). The molecule has 2 nitrogen and oxygen atoms in total. The van der Waals surface area contributed by atoms with Crippen LogP contribution in [0.4, 0.5) is 4.39 Å². The minimum absolute atomic E-state index is 0.125. The summed E-state index contributed by atoms with van der Waals surface area (Å²) in [5.74, 6) is -1.47. The number of ketones is 1. The summed E-state index contributed by atoms with van der Waals surface area (Å²) in [5, 5.41) is 8.27. The number of aryl methyl sites for hydroxylation is 1. The summed E-state index contributed by atoms with van der Waals surface area (Å²) < 4.78 is 12.9. The molecule has 12 heavy (non-hydrogen) atoms. The van der Waals surface area contributed by atoms with Crippen LogP contribution in [0.15, 0.2) is 18.2 Å². The fraction of sp³-hybridized carbons (Fsp3) is 0.111. The second-order valence-corrected chi connectivity index (χ2v) is 2.37. The van der Waals surface area contributed by atoms with Gasteiger partial charge in [0.15, 0.2) is 0 Å². The second kappa shape index (κ2) is 3.14. The molecule has 1 aromatic carbocycles. The van der Waals surface area contributed by atoms with Gasteiger partial charge in [-0.15, -0.1) is 0 Å². The third kappa shape index (κ3) is 1.32. The molecular formula is C9H6FNO. The number of nitriles is 1. The molecule has 0 unspecified atom stereocenters. The number of halogens is 1. The zero-order valence-electron chi connectivity index (χ0n) is 6.47. The lowest BCUT2D eigenvalue weighted by molar-refractivity contribution is 0.105. The van der Waals surface area contributed by atoms with E-state index in [2.05, 4.69) is 0 Å². The summed E-state index contributed by atoms with van der Waals surface area (Å²) in [5.41, 5.74) is 0.363. The maximum Gasteiger partial charge on any atom is 0.265 e. The predicted molar refractivity (Wildman–Crippen MR) is 41.1 cm³/mol. The van der Waals surface area contributed by atoms with Crippen LogP contribution in [-0.4, -0.2) is 5.78 Å². The highest BCUT2D eigenvalue weighted by Crippen LogP contribution is 2.12. The van der Waals surface area contributed by atoms with Crippen LogP contribution in [0.3, 0.4) is 0 Å². The Morgan fingerprint density at radius 3 is 2.75 bits per heavy atom. The number of carbonyl (C=O) groups is 1. The smallest absolute Gasteiger partial charge is 0.265 e. The van der Waals surface area contributed by atoms with E-state index in [1.54, 1.807) is 13.0 Å². The first-order valence-corrected chi connectivity index (χ1v) is 3.36. The monoisotopic (exact) mass is 163 g/mol. The van der Waals surface area contributed by atoms with Crippen molar-refractivity contribution in [3.63, 3.8) is 0 Å². The van der Waals surface area contributed by atoms with Crippen molar-refractivity contribution in [2.45, 2.75) is 6.92 Å². The molecule has 60 valence electrons. The van der Waals surface area contributed by atoms with Crippen molar-refractivity contribution in [2.75, 3.05) is 0 Å². The van der Waals surface area contributed by atoms with Crippen molar-refractivity contribution in [2.24, 2.45) is 0 Å². The van der Waals surface area contributed by atoms with Crippen molar-refractivity contribution >= 4 is 5.78 Å². The van der Waals surface area contributed by atoms with Gasteiger partial charge in [-0.2, -0.15) is 5.26 Å². The molecule has 0 aromatic heterocycles. The molecule has 0 bridgehead atoms. The first-order valence-electron chi connectivity index (χ1n) is 3.36. The van der Waals surface area contributed by atoms with E-state index in [0.29, 0.717) is 5.56 Å². The van der Waals surface area contributed by atoms with Gasteiger partial charge in [0.05, 0.1) is 5.56 Å². The summed E-state index contributed by atoms with van der Waals surface area (Å²) in [6, 6.07) is 5.64. The molecule has 0 aliphatic carbocycles. The van der Waals surface area contributed by atoms with E-state index < -0.39 is 11.6 Å². The van der Waals surface area contributed by atoms with Crippen molar-refractivity contribution in [3.8, 4) is 6.07 Å². The van der Waals surface area contributed by atoms with Crippen molar-refractivity contribution in [1.82, 2.24) is 0 Å². The molecule has 0 spiro atoms. The molecule has 0 radical (unpaired) electrons. The lowest BCUT2D eigenvalue weighted by Crippen LogP contribution is -2.01. The molecule has 0 aliphatic heterocycles. The molecule has 0 fully saturated rings. The Morgan fingerprint density at radius 2 is 2.25 bits per heavy atom. The Bertz CT molecular complexity index is 345. The van der Waals surface area contributed by atoms with Gasteiger partial charge in [0, 0.05) is 0 Å². The zero-order chi connectivity index (χ0) is 9.14. The number of benzene rings is 1. The molecule has 0 amide bonds. The van der Waals surface area contributed by atoms with E-state index in [9.17, 15) is 9.18 Å². The summed E-state index contributed by atoms with van der Waals surface area (Å²) >= 11 is 0. The molecule has 0 heterocycles. The SMILES string of the molecule is Cc1cccc(F)c1C(=O)C#N. The van der Waals surface area contributed by atoms with Gasteiger partial charge in [0.1, 0.15) is 11.9 Å². The Morgan fingerprint density at radius 1 is 1.58 bits per heavy atom. The maximum absolute atomic E-state index is 12.9. The van der Waals surface area contributed by atoms with Crippen LogP contribution in [0.1, 0.15) is 15.9 Å². The van der Waals surface area contributed by atoms with E-state index in [-0.39, 0.29) is 5.56 Å². The number of hydrogen-bond acceptors (Lipinski definition) is 2. The first kappa shape index (κ1) is 8.41. The van der Waals surface area contributed by atoms with E-state index >= 15 is 0 Å². The van der Waals surface area contributed by atoms with Gasteiger partial charge in [-0.25, -0.2) is 4.39 Å². The lowest BCUT2D eigenvalue weighted by Gasteiger charge is -1.99. The van der Waals surface area contributed by atoms with Crippen LogP contribution >= 0.6 is 0 Å². The molecule has 0 saturated heterocycles. The number of rotatable bonds is 1. The van der Waals surface area contributed by atoms with Gasteiger partial charge in [0.25, 0.3) is 5.78 Å².